The zero-order valence-electron chi connectivity index (χ0n) is 10.1. The summed E-state index contributed by atoms with van der Waals surface area (Å²) < 4.78 is 0. The van der Waals surface area contributed by atoms with Crippen molar-refractivity contribution >= 4 is 28.5 Å². The molecule has 1 saturated heterocycles. The van der Waals surface area contributed by atoms with Crippen molar-refractivity contribution in [1.82, 2.24) is 9.97 Å². The number of benzene rings is 1. The largest absolute Gasteiger partial charge is 0.369 e. The number of nitrogens with two attached hydrogens (primary N) is 1. The van der Waals surface area contributed by atoms with Gasteiger partial charge in [0.2, 0.25) is 11.8 Å². The van der Waals surface area contributed by atoms with E-state index >= 15 is 0 Å². The van der Waals surface area contributed by atoms with Crippen LogP contribution in [0.15, 0.2) is 30.6 Å². The third-order valence-corrected chi connectivity index (χ3v) is 3.29. The van der Waals surface area contributed by atoms with Crippen LogP contribution in [0.3, 0.4) is 0 Å². The van der Waals surface area contributed by atoms with E-state index in [9.17, 15) is 9.59 Å². The first-order valence-corrected chi connectivity index (χ1v) is 5.95. The molecule has 1 aliphatic rings. The van der Waals surface area contributed by atoms with Crippen molar-refractivity contribution in [1.29, 1.82) is 0 Å². The average Bonchev–Trinajstić information content (AvgIpc) is 2.80. The number of fused-ring (bicyclic) bond motifs is 1. The van der Waals surface area contributed by atoms with Gasteiger partial charge in [0.15, 0.2) is 0 Å². The molecule has 2 amide bonds. The number of nitrogens with zero attached hydrogens (tertiary/aromatic N) is 3. The molecule has 19 heavy (non-hydrogen) atoms. The maximum atomic E-state index is 11.9. The molecule has 3 rings (SSSR count). The van der Waals surface area contributed by atoms with Crippen molar-refractivity contribution in [2.24, 2.45) is 11.7 Å². The molecule has 6 nitrogen and oxygen atoms in total. The lowest BCUT2D eigenvalue weighted by Gasteiger charge is -2.16. The first-order valence-electron chi connectivity index (χ1n) is 5.95. The second-order valence-electron chi connectivity index (χ2n) is 4.54. The van der Waals surface area contributed by atoms with Crippen LogP contribution in [-0.4, -0.2) is 28.3 Å². The summed E-state index contributed by atoms with van der Waals surface area (Å²) >= 11 is 0. The molecule has 2 heterocycles. The van der Waals surface area contributed by atoms with Crippen molar-refractivity contribution < 1.29 is 9.59 Å². The van der Waals surface area contributed by atoms with Crippen LogP contribution in [0.1, 0.15) is 6.42 Å². The minimum Gasteiger partial charge on any atom is -0.369 e. The van der Waals surface area contributed by atoms with E-state index in [0.717, 1.165) is 16.7 Å². The topological polar surface area (TPSA) is 89.2 Å². The fourth-order valence-corrected chi connectivity index (χ4v) is 2.27. The van der Waals surface area contributed by atoms with Gasteiger partial charge < -0.3 is 10.6 Å². The Bertz CT molecular complexity index is 670. The molecule has 6 heteroatoms. The van der Waals surface area contributed by atoms with Gasteiger partial charge in [-0.05, 0) is 18.2 Å². The molecular weight excluding hydrogens is 244 g/mol. The van der Waals surface area contributed by atoms with Crippen LogP contribution in [0.25, 0.3) is 11.0 Å². The van der Waals surface area contributed by atoms with Gasteiger partial charge in [-0.1, -0.05) is 0 Å². The summed E-state index contributed by atoms with van der Waals surface area (Å²) in [5, 5.41) is 0. The molecule has 96 valence electrons. The monoisotopic (exact) mass is 256 g/mol. The molecule has 2 N–H and O–H groups in total. The van der Waals surface area contributed by atoms with Crippen LogP contribution in [-0.2, 0) is 9.59 Å². The first kappa shape index (κ1) is 11.6. The second-order valence-corrected chi connectivity index (χ2v) is 4.54. The minimum atomic E-state index is -0.434. The molecule has 1 unspecified atom stereocenters. The number of aromatic nitrogens is 2. The fraction of sp³-hybridized carbons (Fsp3) is 0.231. The standard InChI is InChI=1S/C13H12N4O2/c14-13(19)8-5-12(18)17(7-8)9-1-2-10-11(6-9)16-4-3-15-10/h1-4,6,8H,5,7H2,(H2,14,19). The first-order chi connectivity index (χ1) is 9.15. The van der Waals surface area contributed by atoms with Crippen molar-refractivity contribution in [2.45, 2.75) is 6.42 Å². The van der Waals surface area contributed by atoms with E-state index in [2.05, 4.69) is 9.97 Å². The van der Waals surface area contributed by atoms with Gasteiger partial charge in [0.1, 0.15) is 0 Å². The van der Waals surface area contributed by atoms with Crippen molar-refractivity contribution in [3.05, 3.63) is 30.6 Å². The van der Waals surface area contributed by atoms with Crippen molar-refractivity contribution in [3.63, 3.8) is 0 Å². The molecule has 1 aliphatic heterocycles. The Kier molecular flexibility index (Phi) is 2.63. The van der Waals surface area contributed by atoms with Gasteiger partial charge in [0, 0.05) is 31.0 Å². The van der Waals surface area contributed by atoms with E-state index < -0.39 is 11.8 Å². The molecule has 1 aromatic heterocycles. The van der Waals surface area contributed by atoms with E-state index in [0.29, 0.717) is 6.54 Å². The zero-order valence-corrected chi connectivity index (χ0v) is 10.1. The van der Waals surface area contributed by atoms with Crippen LogP contribution >= 0.6 is 0 Å². The SMILES string of the molecule is NC(=O)C1CC(=O)N(c2ccc3nccnc3c2)C1. The Morgan fingerprint density at radius 1 is 1.26 bits per heavy atom. The Labute approximate surface area is 109 Å². The Hall–Kier alpha value is -2.50. The highest BCUT2D eigenvalue weighted by molar-refractivity contribution is 6.01. The number of amides is 2. The van der Waals surface area contributed by atoms with Gasteiger partial charge in [-0.15, -0.1) is 0 Å². The third-order valence-electron chi connectivity index (χ3n) is 3.29. The third kappa shape index (κ3) is 2.01. The lowest BCUT2D eigenvalue weighted by molar-refractivity contribution is -0.123. The maximum Gasteiger partial charge on any atom is 0.227 e. The number of carbonyl (C=O) groups excluding carboxylic acids is 2. The lowest BCUT2D eigenvalue weighted by Crippen LogP contribution is -2.28. The number of rotatable bonds is 2. The Balaban J connectivity index is 1.96. The quantitative estimate of drug-likeness (QED) is 0.845. The number of primary amides is 1. The lowest BCUT2D eigenvalue weighted by atomic mass is 10.1. The molecule has 0 saturated carbocycles. The van der Waals surface area contributed by atoms with E-state index in [-0.39, 0.29) is 12.3 Å². The number of hydrogen-bond donors (Lipinski definition) is 1. The number of anilines is 1. The second kappa shape index (κ2) is 4.31. The van der Waals surface area contributed by atoms with Gasteiger partial charge in [0.05, 0.1) is 17.0 Å². The maximum absolute atomic E-state index is 11.9. The van der Waals surface area contributed by atoms with Gasteiger partial charge in [-0.3, -0.25) is 19.6 Å². The average molecular weight is 256 g/mol. The summed E-state index contributed by atoms with van der Waals surface area (Å²) in [7, 11) is 0. The molecule has 0 spiro atoms. The van der Waals surface area contributed by atoms with Crippen LogP contribution in [0.2, 0.25) is 0 Å². The molecular formula is C13H12N4O2. The highest BCUT2D eigenvalue weighted by atomic mass is 16.2. The molecule has 2 aromatic rings. The summed E-state index contributed by atoms with van der Waals surface area (Å²) in [6.45, 7) is 0.333. The van der Waals surface area contributed by atoms with Crippen LogP contribution in [0, 0.1) is 5.92 Å². The molecule has 1 atom stereocenters. The van der Waals surface area contributed by atoms with Crippen LogP contribution < -0.4 is 10.6 Å². The molecule has 0 aliphatic carbocycles. The van der Waals surface area contributed by atoms with Gasteiger partial charge >= 0.3 is 0 Å². The van der Waals surface area contributed by atoms with Gasteiger partial charge in [-0.25, -0.2) is 0 Å². The molecule has 1 aromatic carbocycles. The summed E-state index contributed by atoms with van der Waals surface area (Å²) in [6, 6.07) is 5.41. The number of hydrogen-bond acceptors (Lipinski definition) is 4. The summed E-state index contributed by atoms with van der Waals surface area (Å²) in [6.07, 6.45) is 3.39. The molecule has 1 fully saturated rings. The van der Waals surface area contributed by atoms with E-state index in [1.807, 2.05) is 6.07 Å². The predicted molar refractivity (Wildman–Crippen MR) is 69.2 cm³/mol. The summed E-state index contributed by atoms with van der Waals surface area (Å²) in [5.41, 5.74) is 7.46. The van der Waals surface area contributed by atoms with Crippen LogP contribution in [0.5, 0.6) is 0 Å². The Morgan fingerprint density at radius 3 is 2.68 bits per heavy atom. The Morgan fingerprint density at radius 2 is 2.00 bits per heavy atom. The van der Waals surface area contributed by atoms with Crippen molar-refractivity contribution in [3.8, 4) is 0 Å². The molecule has 0 radical (unpaired) electrons. The van der Waals surface area contributed by atoms with E-state index in [1.165, 1.54) is 0 Å². The van der Waals surface area contributed by atoms with Gasteiger partial charge in [-0.2, -0.15) is 0 Å². The smallest absolute Gasteiger partial charge is 0.227 e. The zero-order chi connectivity index (χ0) is 13.4. The minimum absolute atomic E-state index is 0.0907. The normalized spacial score (nSPS) is 19.1. The molecule has 0 bridgehead atoms. The highest BCUT2D eigenvalue weighted by Crippen LogP contribution is 2.26. The van der Waals surface area contributed by atoms with Crippen LogP contribution in [0.4, 0.5) is 5.69 Å². The van der Waals surface area contributed by atoms with E-state index in [1.54, 1.807) is 29.4 Å². The highest BCUT2D eigenvalue weighted by Gasteiger charge is 2.33. The number of carbonyl (C=O) groups is 2. The van der Waals surface area contributed by atoms with E-state index in [4.69, 9.17) is 5.73 Å². The van der Waals surface area contributed by atoms with Gasteiger partial charge in [0.25, 0.3) is 0 Å². The fourth-order valence-electron chi connectivity index (χ4n) is 2.27. The van der Waals surface area contributed by atoms with Crippen molar-refractivity contribution in [2.75, 3.05) is 11.4 Å². The summed E-state index contributed by atoms with van der Waals surface area (Å²) in [4.78, 5) is 33.0. The predicted octanol–water partition coefficient (Wildman–Crippen LogP) is 0.468. The summed E-state index contributed by atoms with van der Waals surface area (Å²) in [5.74, 6) is -0.937.